The number of hydrogen-bond acceptors (Lipinski definition) is 5. The van der Waals surface area contributed by atoms with Crippen LogP contribution in [0.5, 0.6) is 11.5 Å². The highest BCUT2D eigenvalue weighted by molar-refractivity contribution is 6.51. The zero-order valence-electron chi connectivity index (χ0n) is 21.7. The first-order chi connectivity index (χ1) is 17.8. The molecule has 1 heterocycles. The summed E-state index contributed by atoms with van der Waals surface area (Å²) >= 11 is 0. The Balaban J connectivity index is 1.88. The van der Waals surface area contributed by atoms with Crippen LogP contribution in [0.4, 0.5) is 5.69 Å². The SMILES string of the molecule is CCCOc1cccc(/C(O)=C2/C(=O)C(=O)N(c3ccc(C(C)C)cc3)C2c2cccc(OCC)c2)c1. The van der Waals surface area contributed by atoms with E-state index in [1.165, 1.54) is 4.90 Å². The highest BCUT2D eigenvalue weighted by atomic mass is 16.5. The summed E-state index contributed by atoms with van der Waals surface area (Å²) in [6, 6.07) is 21.0. The Kier molecular flexibility index (Phi) is 7.97. The molecule has 0 aromatic heterocycles. The number of amides is 1. The van der Waals surface area contributed by atoms with Gasteiger partial charge in [0.25, 0.3) is 11.7 Å². The second-order valence-electron chi connectivity index (χ2n) is 9.30. The van der Waals surface area contributed by atoms with Crippen LogP contribution in [0.3, 0.4) is 0 Å². The number of benzene rings is 3. The van der Waals surface area contributed by atoms with Gasteiger partial charge in [0.1, 0.15) is 17.3 Å². The molecular weight excluding hydrogens is 466 g/mol. The summed E-state index contributed by atoms with van der Waals surface area (Å²) in [5, 5.41) is 11.4. The van der Waals surface area contributed by atoms with E-state index in [2.05, 4.69) is 13.8 Å². The number of rotatable bonds is 9. The first kappa shape index (κ1) is 26.0. The molecule has 6 heteroatoms. The van der Waals surface area contributed by atoms with Gasteiger partial charge >= 0.3 is 0 Å². The van der Waals surface area contributed by atoms with Crippen molar-refractivity contribution >= 4 is 23.1 Å². The van der Waals surface area contributed by atoms with E-state index in [-0.39, 0.29) is 11.3 Å². The van der Waals surface area contributed by atoms with E-state index in [1.54, 1.807) is 24.3 Å². The Morgan fingerprint density at radius 1 is 0.919 bits per heavy atom. The van der Waals surface area contributed by atoms with Crippen molar-refractivity contribution in [1.29, 1.82) is 0 Å². The fourth-order valence-corrected chi connectivity index (χ4v) is 4.48. The molecule has 1 saturated heterocycles. The third kappa shape index (κ3) is 5.38. The highest BCUT2D eigenvalue weighted by Gasteiger charge is 2.47. The van der Waals surface area contributed by atoms with Crippen molar-refractivity contribution in [2.45, 2.75) is 46.1 Å². The first-order valence-electron chi connectivity index (χ1n) is 12.7. The van der Waals surface area contributed by atoms with Crippen LogP contribution in [0.25, 0.3) is 5.76 Å². The van der Waals surface area contributed by atoms with Crippen molar-refractivity contribution in [3.8, 4) is 11.5 Å². The lowest BCUT2D eigenvalue weighted by Crippen LogP contribution is -2.29. The van der Waals surface area contributed by atoms with E-state index in [1.807, 2.05) is 62.4 Å². The number of nitrogens with zero attached hydrogens (tertiary/aromatic N) is 1. The number of carbonyl (C=O) groups excluding carboxylic acids is 2. The molecule has 0 saturated carbocycles. The van der Waals surface area contributed by atoms with Gasteiger partial charge < -0.3 is 14.6 Å². The number of ketones is 1. The van der Waals surface area contributed by atoms with Crippen molar-refractivity contribution in [2.24, 2.45) is 0 Å². The summed E-state index contributed by atoms with van der Waals surface area (Å²) < 4.78 is 11.4. The maximum atomic E-state index is 13.5. The van der Waals surface area contributed by atoms with Gasteiger partial charge in [-0.3, -0.25) is 14.5 Å². The van der Waals surface area contributed by atoms with Gasteiger partial charge in [0, 0.05) is 11.3 Å². The molecule has 1 unspecified atom stereocenters. The smallest absolute Gasteiger partial charge is 0.300 e. The molecule has 3 aromatic carbocycles. The van der Waals surface area contributed by atoms with Gasteiger partial charge in [-0.05, 0) is 66.8 Å². The Bertz CT molecular complexity index is 1310. The average molecular weight is 500 g/mol. The number of aliphatic hydroxyl groups excluding tert-OH is 1. The molecular formula is C31H33NO5. The van der Waals surface area contributed by atoms with Gasteiger partial charge in [0.05, 0.1) is 24.8 Å². The number of carbonyl (C=O) groups is 2. The zero-order chi connectivity index (χ0) is 26.5. The van der Waals surface area contributed by atoms with E-state index >= 15 is 0 Å². The van der Waals surface area contributed by atoms with E-state index in [9.17, 15) is 14.7 Å². The van der Waals surface area contributed by atoms with Crippen molar-refractivity contribution in [1.82, 2.24) is 0 Å². The average Bonchev–Trinajstić information content (AvgIpc) is 3.17. The molecule has 1 fully saturated rings. The molecule has 37 heavy (non-hydrogen) atoms. The minimum absolute atomic E-state index is 0.0271. The van der Waals surface area contributed by atoms with Crippen LogP contribution in [0, 0.1) is 0 Å². The number of anilines is 1. The first-order valence-corrected chi connectivity index (χ1v) is 12.7. The normalized spacial score (nSPS) is 16.9. The van der Waals surface area contributed by atoms with Crippen molar-refractivity contribution in [3.63, 3.8) is 0 Å². The molecule has 0 bridgehead atoms. The largest absolute Gasteiger partial charge is 0.507 e. The molecule has 1 N–H and O–H groups in total. The lowest BCUT2D eigenvalue weighted by Gasteiger charge is -2.26. The maximum absolute atomic E-state index is 13.5. The van der Waals surface area contributed by atoms with Crippen molar-refractivity contribution in [2.75, 3.05) is 18.1 Å². The number of Topliss-reactive ketones (excluding diaryl/α,β-unsaturated/α-hetero) is 1. The predicted octanol–water partition coefficient (Wildman–Crippen LogP) is 6.62. The fraction of sp³-hybridized carbons (Fsp3) is 0.290. The summed E-state index contributed by atoms with van der Waals surface area (Å²) in [6.07, 6.45) is 0.840. The Morgan fingerprint density at radius 3 is 2.24 bits per heavy atom. The molecule has 0 aliphatic carbocycles. The van der Waals surface area contributed by atoms with Gasteiger partial charge in [-0.2, -0.15) is 0 Å². The van der Waals surface area contributed by atoms with E-state index in [0.717, 1.165) is 12.0 Å². The topological polar surface area (TPSA) is 76.1 Å². The summed E-state index contributed by atoms with van der Waals surface area (Å²) in [7, 11) is 0. The molecule has 0 spiro atoms. The van der Waals surface area contributed by atoms with Crippen LogP contribution in [0.15, 0.2) is 78.4 Å². The van der Waals surface area contributed by atoms with E-state index in [0.29, 0.717) is 47.4 Å². The summed E-state index contributed by atoms with van der Waals surface area (Å²) in [4.78, 5) is 28.4. The Hall–Kier alpha value is -4.06. The number of hydrogen-bond donors (Lipinski definition) is 1. The van der Waals surface area contributed by atoms with Crippen LogP contribution >= 0.6 is 0 Å². The molecule has 1 aliphatic rings. The summed E-state index contributed by atoms with van der Waals surface area (Å²) in [6.45, 7) is 9.10. The standard InChI is InChI=1S/C31H33NO5/c1-5-17-37-26-12-8-10-23(19-26)29(33)27-28(22-9-7-11-25(18-22)36-6-2)32(31(35)30(27)34)24-15-13-21(14-16-24)20(3)4/h7-16,18-20,28,33H,5-6,17H2,1-4H3/b29-27-. The molecule has 1 amide bonds. The van der Waals surface area contributed by atoms with Crippen LogP contribution in [0.2, 0.25) is 0 Å². The molecule has 3 aromatic rings. The van der Waals surface area contributed by atoms with Crippen LogP contribution in [-0.2, 0) is 9.59 Å². The quantitative estimate of drug-likeness (QED) is 0.203. The molecule has 0 radical (unpaired) electrons. The third-order valence-electron chi connectivity index (χ3n) is 6.35. The lowest BCUT2D eigenvalue weighted by atomic mass is 9.94. The van der Waals surface area contributed by atoms with E-state index in [4.69, 9.17) is 9.47 Å². The minimum atomic E-state index is -0.828. The van der Waals surface area contributed by atoms with Gasteiger partial charge in [-0.25, -0.2) is 0 Å². The Morgan fingerprint density at radius 2 is 1.59 bits per heavy atom. The minimum Gasteiger partial charge on any atom is -0.507 e. The third-order valence-corrected chi connectivity index (χ3v) is 6.35. The van der Waals surface area contributed by atoms with Gasteiger partial charge in [0.2, 0.25) is 0 Å². The van der Waals surface area contributed by atoms with Gasteiger partial charge in [-0.15, -0.1) is 0 Å². The summed E-state index contributed by atoms with van der Waals surface area (Å²) in [5.74, 6) is -0.144. The van der Waals surface area contributed by atoms with Crippen LogP contribution in [0.1, 0.15) is 62.8 Å². The highest BCUT2D eigenvalue weighted by Crippen LogP contribution is 2.43. The molecule has 1 aliphatic heterocycles. The monoisotopic (exact) mass is 499 g/mol. The van der Waals surface area contributed by atoms with Crippen molar-refractivity contribution < 1.29 is 24.2 Å². The van der Waals surface area contributed by atoms with Crippen LogP contribution < -0.4 is 14.4 Å². The predicted molar refractivity (Wildman–Crippen MR) is 145 cm³/mol. The van der Waals surface area contributed by atoms with Crippen molar-refractivity contribution in [3.05, 3.63) is 95.1 Å². The fourth-order valence-electron chi connectivity index (χ4n) is 4.48. The molecule has 1 atom stereocenters. The lowest BCUT2D eigenvalue weighted by molar-refractivity contribution is -0.132. The molecule has 4 rings (SSSR count). The van der Waals surface area contributed by atoms with Gasteiger partial charge in [-0.1, -0.05) is 57.2 Å². The van der Waals surface area contributed by atoms with Crippen LogP contribution in [-0.4, -0.2) is 30.0 Å². The molecule has 6 nitrogen and oxygen atoms in total. The number of aliphatic hydroxyl groups is 1. The summed E-state index contributed by atoms with van der Waals surface area (Å²) in [5.41, 5.74) is 2.81. The van der Waals surface area contributed by atoms with E-state index < -0.39 is 17.7 Å². The zero-order valence-corrected chi connectivity index (χ0v) is 21.7. The molecule has 192 valence electrons. The Labute approximate surface area is 218 Å². The second-order valence-corrected chi connectivity index (χ2v) is 9.30. The maximum Gasteiger partial charge on any atom is 0.300 e. The number of ether oxygens (including phenoxy) is 2. The second kappa shape index (κ2) is 11.3. The van der Waals surface area contributed by atoms with Gasteiger partial charge in [0.15, 0.2) is 0 Å².